The van der Waals surface area contributed by atoms with E-state index in [1.54, 1.807) is 0 Å². The van der Waals surface area contributed by atoms with Crippen molar-refractivity contribution in [3.05, 3.63) is 0 Å². The zero-order valence-electron chi connectivity index (χ0n) is 10.2. The molecule has 2 aliphatic rings. The quantitative estimate of drug-likeness (QED) is 0.666. The third kappa shape index (κ3) is 3.46. The van der Waals surface area contributed by atoms with E-state index in [1.165, 1.54) is 38.5 Å². The molecule has 0 aromatic rings. The lowest BCUT2D eigenvalue weighted by Gasteiger charge is -2.26. The average Bonchev–Trinajstić information content (AvgIpc) is 3.10. The molecule has 1 N–H and O–H groups in total. The van der Waals surface area contributed by atoms with Crippen LogP contribution in [-0.4, -0.2) is 25.8 Å². The van der Waals surface area contributed by atoms with Crippen LogP contribution in [0, 0.1) is 11.8 Å². The van der Waals surface area contributed by atoms with Crippen LogP contribution in [0.15, 0.2) is 0 Å². The van der Waals surface area contributed by atoms with E-state index in [1.807, 2.05) is 0 Å². The van der Waals surface area contributed by atoms with Crippen molar-refractivity contribution in [1.29, 1.82) is 0 Å². The summed E-state index contributed by atoms with van der Waals surface area (Å²) < 4.78 is 5.91. The smallest absolute Gasteiger partial charge is 0.0755 e. The second kappa shape index (κ2) is 5.31. The van der Waals surface area contributed by atoms with Gasteiger partial charge in [0, 0.05) is 12.6 Å². The Morgan fingerprint density at radius 2 is 2.00 bits per heavy atom. The number of likely N-dealkylation sites (N-methyl/N-ethyl adjacent to an activating group) is 1. The molecule has 0 aromatic carbocycles. The maximum atomic E-state index is 5.91. The van der Waals surface area contributed by atoms with E-state index in [4.69, 9.17) is 4.74 Å². The predicted molar refractivity (Wildman–Crippen MR) is 62.9 cm³/mol. The SMILES string of the molecule is CCOC(C1CC1)C(CCC1CC1)NC. The van der Waals surface area contributed by atoms with Crippen molar-refractivity contribution in [2.24, 2.45) is 11.8 Å². The number of nitrogens with one attached hydrogen (secondary N) is 1. The average molecular weight is 211 g/mol. The molecule has 88 valence electrons. The van der Waals surface area contributed by atoms with Crippen LogP contribution in [0.5, 0.6) is 0 Å². The molecule has 0 bridgehead atoms. The topological polar surface area (TPSA) is 21.3 Å². The Kier molecular flexibility index (Phi) is 4.04. The Morgan fingerprint density at radius 3 is 2.47 bits per heavy atom. The first kappa shape index (κ1) is 11.4. The van der Waals surface area contributed by atoms with Crippen LogP contribution in [-0.2, 0) is 4.74 Å². The fourth-order valence-corrected chi connectivity index (χ4v) is 2.49. The van der Waals surface area contributed by atoms with Crippen molar-refractivity contribution in [3.8, 4) is 0 Å². The number of ether oxygens (including phenoxy) is 1. The molecule has 0 heterocycles. The van der Waals surface area contributed by atoms with Crippen LogP contribution < -0.4 is 5.32 Å². The third-order valence-electron chi connectivity index (χ3n) is 3.80. The minimum Gasteiger partial charge on any atom is -0.377 e. The van der Waals surface area contributed by atoms with E-state index in [-0.39, 0.29) is 0 Å². The maximum Gasteiger partial charge on any atom is 0.0755 e. The summed E-state index contributed by atoms with van der Waals surface area (Å²) in [5, 5.41) is 3.47. The molecular formula is C13H25NO. The molecule has 0 amide bonds. The Morgan fingerprint density at radius 1 is 1.27 bits per heavy atom. The highest BCUT2D eigenvalue weighted by Crippen LogP contribution is 2.39. The second-order valence-corrected chi connectivity index (χ2v) is 5.17. The van der Waals surface area contributed by atoms with Crippen molar-refractivity contribution in [2.75, 3.05) is 13.7 Å². The van der Waals surface area contributed by atoms with Crippen LogP contribution >= 0.6 is 0 Å². The van der Waals surface area contributed by atoms with Crippen molar-refractivity contribution >= 4 is 0 Å². The van der Waals surface area contributed by atoms with Gasteiger partial charge in [0.2, 0.25) is 0 Å². The van der Waals surface area contributed by atoms with Gasteiger partial charge in [-0.25, -0.2) is 0 Å². The molecule has 2 unspecified atom stereocenters. The summed E-state index contributed by atoms with van der Waals surface area (Å²) in [6.07, 6.45) is 8.90. The Hall–Kier alpha value is -0.0800. The highest BCUT2D eigenvalue weighted by Gasteiger charge is 2.37. The normalized spacial score (nSPS) is 25.2. The minimum atomic E-state index is 0.485. The lowest BCUT2D eigenvalue weighted by molar-refractivity contribution is 0.0181. The van der Waals surface area contributed by atoms with Crippen molar-refractivity contribution < 1.29 is 4.74 Å². The first-order valence-electron chi connectivity index (χ1n) is 6.64. The number of hydrogen-bond donors (Lipinski definition) is 1. The first-order chi connectivity index (χ1) is 7.35. The van der Waals surface area contributed by atoms with Crippen molar-refractivity contribution in [3.63, 3.8) is 0 Å². The van der Waals surface area contributed by atoms with E-state index >= 15 is 0 Å². The zero-order valence-corrected chi connectivity index (χ0v) is 10.2. The largest absolute Gasteiger partial charge is 0.377 e. The molecule has 0 radical (unpaired) electrons. The minimum absolute atomic E-state index is 0.485. The predicted octanol–water partition coefficient (Wildman–Crippen LogP) is 2.58. The molecule has 0 aromatic heterocycles. The van der Waals surface area contributed by atoms with Gasteiger partial charge in [0.1, 0.15) is 0 Å². The van der Waals surface area contributed by atoms with E-state index in [2.05, 4.69) is 19.3 Å². The van der Waals surface area contributed by atoms with Gasteiger partial charge in [-0.1, -0.05) is 12.8 Å². The zero-order chi connectivity index (χ0) is 10.7. The summed E-state index contributed by atoms with van der Waals surface area (Å²) in [5.74, 6) is 1.89. The first-order valence-corrected chi connectivity index (χ1v) is 6.64. The van der Waals surface area contributed by atoms with E-state index in [0.717, 1.165) is 18.4 Å². The second-order valence-electron chi connectivity index (χ2n) is 5.17. The summed E-state index contributed by atoms with van der Waals surface area (Å²) in [6.45, 7) is 2.98. The fourth-order valence-electron chi connectivity index (χ4n) is 2.49. The van der Waals surface area contributed by atoms with E-state index in [0.29, 0.717) is 12.1 Å². The van der Waals surface area contributed by atoms with Gasteiger partial charge in [0.25, 0.3) is 0 Å². The fraction of sp³-hybridized carbons (Fsp3) is 1.00. The molecule has 2 fully saturated rings. The molecular weight excluding hydrogens is 186 g/mol. The molecule has 2 rings (SSSR count). The van der Waals surface area contributed by atoms with Gasteiger partial charge in [0.05, 0.1) is 6.10 Å². The highest BCUT2D eigenvalue weighted by atomic mass is 16.5. The van der Waals surface area contributed by atoms with Crippen LogP contribution in [0.3, 0.4) is 0 Å². The third-order valence-corrected chi connectivity index (χ3v) is 3.80. The van der Waals surface area contributed by atoms with Crippen molar-refractivity contribution in [2.45, 2.75) is 57.6 Å². The maximum absolute atomic E-state index is 5.91. The van der Waals surface area contributed by atoms with Crippen LogP contribution in [0.1, 0.15) is 45.4 Å². The van der Waals surface area contributed by atoms with Crippen molar-refractivity contribution in [1.82, 2.24) is 5.32 Å². The molecule has 2 heteroatoms. The summed E-state index contributed by atoms with van der Waals surface area (Å²) in [7, 11) is 2.09. The molecule has 2 atom stereocenters. The molecule has 0 spiro atoms. The summed E-state index contributed by atoms with van der Waals surface area (Å²) in [6, 6.07) is 0.595. The van der Waals surface area contributed by atoms with E-state index in [9.17, 15) is 0 Å². The van der Waals surface area contributed by atoms with Gasteiger partial charge in [0.15, 0.2) is 0 Å². The van der Waals surface area contributed by atoms with Gasteiger partial charge in [-0.05, 0) is 51.5 Å². The molecule has 2 aliphatic carbocycles. The van der Waals surface area contributed by atoms with Gasteiger partial charge in [-0.3, -0.25) is 0 Å². The van der Waals surface area contributed by atoms with Gasteiger partial charge in [-0.2, -0.15) is 0 Å². The highest BCUT2D eigenvalue weighted by molar-refractivity contribution is 4.90. The van der Waals surface area contributed by atoms with Gasteiger partial charge < -0.3 is 10.1 Å². The Bertz CT molecular complexity index is 187. The standard InChI is InChI=1S/C13H25NO/c1-3-15-13(11-7-8-11)12(14-2)9-6-10-4-5-10/h10-14H,3-9H2,1-2H3. The molecule has 2 nitrogen and oxygen atoms in total. The summed E-state index contributed by atoms with van der Waals surface area (Å²) in [4.78, 5) is 0. The monoisotopic (exact) mass is 211 g/mol. The number of hydrogen-bond acceptors (Lipinski definition) is 2. The van der Waals surface area contributed by atoms with Crippen LogP contribution in [0.4, 0.5) is 0 Å². The van der Waals surface area contributed by atoms with Gasteiger partial charge in [-0.15, -0.1) is 0 Å². The molecule has 2 saturated carbocycles. The van der Waals surface area contributed by atoms with Gasteiger partial charge >= 0.3 is 0 Å². The molecule has 15 heavy (non-hydrogen) atoms. The van der Waals surface area contributed by atoms with E-state index < -0.39 is 0 Å². The number of rotatable bonds is 8. The summed E-state index contributed by atoms with van der Waals surface area (Å²) >= 11 is 0. The lowest BCUT2D eigenvalue weighted by atomic mass is 10.00. The van der Waals surface area contributed by atoms with Crippen LogP contribution in [0.2, 0.25) is 0 Å². The lowest BCUT2D eigenvalue weighted by Crippen LogP contribution is -2.41. The Balaban J connectivity index is 1.77. The summed E-state index contributed by atoms with van der Waals surface area (Å²) in [5.41, 5.74) is 0. The molecule has 0 saturated heterocycles. The Labute approximate surface area is 93.8 Å². The van der Waals surface area contributed by atoms with Crippen LogP contribution in [0.25, 0.3) is 0 Å². The molecule has 0 aliphatic heterocycles.